The maximum absolute atomic E-state index is 13.4. The van der Waals surface area contributed by atoms with Crippen molar-refractivity contribution in [2.24, 2.45) is 5.92 Å². The molecule has 6 aliphatic rings. The van der Waals surface area contributed by atoms with Crippen LogP contribution < -0.4 is 35.4 Å². The Morgan fingerprint density at radius 1 is 0.783 bits per heavy atom. The first kappa shape index (κ1) is 37.9. The Hall–Kier alpha value is -6.29. The van der Waals surface area contributed by atoms with Crippen LogP contribution in [-0.2, 0) is 22.6 Å². The third kappa shape index (κ3) is 7.22. The van der Waals surface area contributed by atoms with E-state index in [4.69, 9.17) is 14.7 Å². The minimum absolute atomic E-state index is 0.100. The summed E-state index contributed by atoms with van der Waals surface area (Å²) in [7, 11) is 0. The Kier molecular flexibility index (Phi) is 9.94. The fourth-order valence-electron chi connectivity index (χ4n) is 9.59. The Bertz CT molecular complexity index is 2360. The van der Waals surface area contributed by atoms with Crippen LogP contribution in [0.1, 0.15) is 63.1 Å². The molecule has 0 saturated carbocycles. The molecule has 4 aromatic rings. The van der Waals surface area contributed by atoms with Gasteiger partial charge in [-0.1, -0.05) is 0 Å². The SMILES string of the molecule is Cc1c(N2CCc3cnc(Nc4ccc(N5CCC(CN6CCN(c7ccc8c(c7)C(=O)N(C7CCC(=O)NC7=O)C8=O)CC6)CC5)nc4)cc3C2)cnc2c1NCCO2. The number of piperazine rings is 1. The van der Waals surface area contributed by atoms with E-state index in [0.29, 0.717) is 29.5 Å². The molecule has 4 amide bonds. The average molecular weight is 812 g/mol. The second kappa shape index (κ2) is 15.7. The van der Waals surface area contributed by atoms with Crippen LogP contribution in [0.15, 0.2) is 55.0 Å². The second-order valence-corrected chi connectivity index (χ2v) is 16.7. The maximum atomic E-state index is 13.4. The smallest absolute Gasteiger partial charge is 0.262 e. The first-order valence-corrected chi connectivity index (χ1v) is 21.2. The third-order valence-electron chi connectivity index (χ3n) is 13.0. The highest BCUT2D eigenvalue weighted by Gasteiger charge is 2.45. The first-order valence-electron chi connectivity index (χ1n) is 21.2. The van der Waals surface area contributed by atoms with Gasteiger partial charge in [0, 0.05) is 89.3 Å². The molecule has 3 saturated heterocycles. The number of ether oxygens (including phenoxy) is 1. The van der Waals surface area contributed by atoms with E-state index in [9.17, 15) is 19.2 Å². The molecule has 310 valence electrons. The fourth-order valence-corrected chi connectivity index (χ4v) is 9.59. The molecule has 6 aliphatic heterocycles. The minimum atomic E-state index is -0.963. The maximum Gasteiger partial charge on any atom is 0.262 e. The molecule has 3 N–H and O–H groups in total. The molecule has 9 heterocycles. The normalized spacial score (nSPS) is 20.9. The van der Waals surface area contributed by atoms with Crippen LogP contribution in [0, 0.1) is 12.8 Å². The van der Waals surface area contributed by atoms with Gasteiger partial charge in [0.1, 0.15) is 30.0 Å². The summed E-state index contributed by atoms with van der Waals surface area (Å²) in [5.74, 6) is 1.16. The number of hydrogen-bond donors (Lipinski definition) is 3. The van der Waals surface area contributed by atoms with E-state index in [2.05, 4.69) is 65.7 Å². The largest absolute Gasteiger partial charge is 0.474 e. The van der Waals surface area contributed by atoms with Crippen molar-refractivity contribution >= 4 is 58.0 Å². The number of nitrogens with one attached hydrogen (secondary N) is 3. The van der Waals surface area contributed by atoms with Crippen LogP contribution in [-0.4, -0.2) is 120 Å². The number of nitrogens with zero attached hydrogens (tertiary/aromatic N) is 8. The molecule has 0 bridgehead atoms. The summed E-state index contributed by atoms with van der Waals surface area (Å²) in [6.07, 6.45) is 9.21. The van der Waals surface area contributed by atoms with Gasteiger partial charge in [-0.3, -0.25) is 34.3 Å². The van der Waals surface area contributed by atoms with Crippen LogP contribution in [0.3, 0.4) is 0 Å². The molecule has 16 nitrogen and oxygen atoms in total. The average Bonchev–Trinajstić information content (AvgIpc) is 3.52. The van der Waals surface area contributed by atoms with Gasteiger partial charge in [0.25, 0.3) is 11.8 Å². The number of benzene rings is 1. The van der Waals surface area contributed by atoms with Gasteiger partial charge >= 0.3 is 0 Å². The van der Waals surface area contributed by atoms with E-state index < -0.39 is 23.8 Å². The number of aromatic nitrogens is 3. The van der Waals surface area contributed by atoms with Crippen molar-refractivity contribution in [2.45, 2.75) is 51.6 Å². The van der Waals surface area contributed by atoms with E-state index in [-0.39, 0.29) is 18.7 Å². The zero-order valence-electron chi connectivity index (χ0n) is 33.8. The third-order valence-corrected chi connectivity index (χ3v) is 13.0. The van der Waals surface area contributed by atoms with Gasteiger partial charge < -0.3 is 30.1 Å². The number of anilines is 6. The number of piperidine rings is 2. The zero-order valence-corrected chi connectivity index (χ0v) is 33.8. The lowest BCUT2D eigenvalue weighted by atomic mass is 9.96. The summed E-state index contributed by atoms with van der Waals surface area (Å²) in [5, 5.41) is 9.19. The van der Waals surface area contributed by atoms with Crippen molar-refractivity contribution in [3.63, 3.8) is 0 Å². The Morgan fingerprint density at radius 3 is 2.42 bits per heavy atom. The predicted molar refractivity (Wildman–Crippen MR) is 226 cm³/mol. The number of pyridine rings is 3. The number of fused-ring (bicyclic) bond motifs is 3. The van der Waals surface area contributed by atoms with Crippen molar-refractivity contribution in [3.8, 4) is 5.88 Å². The predicted octanol–water partition coefficient (Wildman–Crippen LogP) is 3.73. The van der Waals surface area contributed by atoms with E-state index in [1.807, 2.05) is 24.7 Å². The van der Waals surface area contributed by atoms with E-state index in [1.165, 1.54) is 16.7 Å². The molecular weight excluding hydrogens is 763 g/mol. The monoisotopic (exact) mass is 811 g/mol. The van der Waals surface area contributed by atoms with Gasteiger partial charge in [-0.2, -0.15) is 0 Å². The molecule has 0 aliphatic carbocycles. The van der Waals surface area contributed by atoms with Crippen LogP contribution in [0.4, 0.5) is 34.4 Å². The summed E-state index contributed by atoms with van der Waals surface area (Å²) in [6, 6.07) is 10.7. The standard InChI is InChI=1S/C44H49N11O5/c1-27-36(24-48-42-40(27)45-11-19-60-42)54-14-10-29-22-46-37(20-30(29)26-54)49-31-2-6-38(47-23-31)53-12-8-28(9-13-53)25-51-15-17-52(18-16-51)32-3-4-33-34(21-32)44(59)55(43(33)58)35-5-7-39(56)50-41(35)57/h2-4,6,20-24,28,35,45H,5,7-19,25-26H2,1H3,(H,46,49)(H,50,56,57). The molecule has 0 spiro atoms. The van der Waals surface area contributed by atoms with Gasteiger partial charge in [0.15, 0.2) is 0 Å². The van der Waals surface area contributed by atoms with Crippen molar-refractivity contribution in [2.75, 3.05) is 90.8 Å². The molecule has 10 rings (SSSR count). The van der Waals surface area contributed by atoms with E-state index in [1.54, 1.807) is 12.1 Å². The summed E-state index contributed by atoms with van der Waals surface area (Å²) in [4.78, 5) is 75.3. The Balaban J connectivity index is 0.690. The minimum Gasteiger partial charge on any atom is -0.474 e. The highest BCUT2D eigenvalue weighted by Crippen LogP contribution is 2.37. The molecule has 1 atom stereocenters. The number of carbonyl (C=O) groups is 4. The van der Waals surface area contributed by atoms with Crippen molar-refractivity contribution in [1.82, 2.24) is 30.1 Å². The lowest BCUT2D eigenvalue weighted by Gasteiger charge is -2.40. The van der Waals surface area contributed by atoms with Crippen molar-refractivity contribution in [3.05, 3.63) is 82.8 Å². The Labute approximate surface area is 348 Å². The number of imide groups is 2. The number of amides is 4. The topological polar surface area (TPSA) is 168 Å². The van der Waals surface area contributed by atoms with Gasteiger partial charge in [-0.05, 0) is 86.1 Å². The van der Waals surface area contributed by atoms with Crippen LogP contribution in [0.25, 0.3) is 0 Å². The molecule has 3 aromatic heterocycles. The fraction of sp³-hybridized carbons (Fsp3) is 0.432. The number of rotatable bonds is 8. The lowest BCUT2D eigenvalue weighted by Crippen LogP contribution is -2.54. The summed E-state index contributed by atoms with van der Waals surface area (Å²) >= 11 is 0. The molecule has 0 radical (unpaired) electrons. The van der Waals surface area contributed by atoms with Gasteiger partial charge in [-0.15, -0.1) is 0 Å². The molecule has 16 heteroatoms. The van der Waals surface area contributed by atoms with Crippen molar-refractivity contribution < 1.29 is 23.9 Å². The van der Waals surface area contributed by atoms with E-state index in [0.717, 1.165) is 124 Å². The molecular formula is C44H49N11O5. The quantitative estimate of drug-likeness (QED) is 0.220. The highest BCUT2D eigenvalue weighted by atomic mass is 16.5. The van der Waals surface area contributed by atoms with Gasteiger partial charge in [-0.25, -0.2) is 15.0 Å². The number of hydrogen-bond acceptors (Lipinski definition) is 14. The molecule has 3 fully saturated rings. The summed E-state index contributed by atoms with van der Waals surface area (Å²) in [5.41, 5.74) is 8.25. The summed E-state index contributed by atoms with van der Waals surface area (Å²) in [6.45, 7) is 11.7. The zero-order chi connectivity index (χ0) is 40.9. The highest BCUT2D eigenvalue weighted by molar-refractivity contribution is 6.23. The van der Waals surface area contributed by atoms with Crippen LogP contribution >= 0.6 is 0 Å². The lowest BCUT2D eigenvalue weighted by molar-refractivity contribution is -0.136. The van der Waals surface area contributed by atoms with Crippen LogP contribution in [0.2, 0.25) is 0 Å². The first-order chi connectivity index (χ1) is 29.3. The molecule has 1 aromatic carbocycles. The Morgan fingerprint density at radius 2 is 1.62 bits per heavy atom. The molecule has 1 unspecified atom stereocenters. The van der Waals surface area contributed by atoms with Crippen molar-refractivity contribution in [1.29, 1.82) is 0 Å². The van der Waals surface area contributed by atoms with Gasteiger partial charge in [0.2, 0.25) is 17.7 Å². The number of carbonyl (C=O) groups excluding carboxylic acids is 4. The van der Waals surface area contributed by atoms with E-state index >= 15 is 0 Å². The second-order valence-electron chi connectivity index (χ2n) is 16.7. The molecule has 60 heavy (non-hydrogen) atoms. The van der Waals surface area contributed by atoms with Gasteiger partial charge in [0.05, 0.1) is 34.9 Å². The summed E-state index contributed by atoms with van der Waals surface area (Å²) < 4.78 is 5.74. The van der Waals surface area contributed by atoms with Crippen LogP contribution in [0.5, 0.6) is 5.88 Å².